The minimum absolute atomic E-state index is 0.169. The summed E-state index contributed by atoms with van der Waals surface area (Å²) in [4.78, 5) is 14.7. The Labute approximate surface area is 194 Å². The second-order valence-corrected chi connectivity index (χ2v) is 14.9. The van der Waals surface area contributed by atoms with Crippen molar-refractivity contribution in [3.05, 3.63) is 71.8 Å². The molecule has 3 atom stereocenters. The van der Waals surface area contributed by atoms with Gasteiger partial charge < -0.3 is 9.16 Å². The summed E-state index contributed by atoms with van der Waals surface area (Å²) in [7, 11) is -2.34. The number of nitrogens with zero attached hydrogens (tertiary/aromatic N) is 1. The van der Waals surface area contributed by atoms with Gasteiger partial charge in [-0.25, -0.2) is 0 Å². The van der Waals surface area contributed by atoms with E-state index in [4.69, 9.17) is 9.16 Å². The Morgan fingerprint density at radius 2 is 1.52 bits per heavy atom. The molecule has 0 N–H and O–H groups in total. The maximum absolute atomic E-state index is 15.0. The lowest BCUT2D eigenvalue weighted by atomic mass is 9.80. The van der Waals surface area contributed by atoms with Gasteiger partial charge in [-0.05, 0) is 43.8 Å². The van der Waals surface area contributed by atoms with Crippen molar-refractivity contribution < 1.29 is 27.1 Å². The molecule has 1 amide bonds. The van der Waals surface area contributed by atoms with Crippen molar-refractivity contribution >= 4 is 14.2 Å². The van der Waals surface area contributed by atoms with Crippen molar-refractivity contribution in [1.29, 1.82) is 0 Å². The fourth-order valence-corrected chi connectivity index (χ4v) is 5.24. The molecule has 1 aliphatic heterocycles. The number of hydrogen-bond acceptors (Lipinski definition) is 3. The van der Waals surface area contributed by atoms with Gasteiger partial charge in [0.15, 0.2) is 14.6 Å². The Morgan fingerprint density at radius 3 is 1.97 bits per heavy atom. The van der Waals surface area contributed by atoms with Crippen molar-refractivity contribution in [3.8, 4) is 0 Å². The first-order valence-corrected chi connectivity index (χ1v) is 14.4. The number of amides is 1. The molecule has 0 saturated carbocycles. The highest BCUT2D eigenvalue weighted by Crippen LogP contribution is 2.55. The van der Waals surface area contributed by atoms with E-state index in [0.29, 0.717) is 0 Å². The van der Waals surface area contributed by atoms with E-state index < -0.39 is 43.9 Å². The molecule has 1 saturated heterocycles. The molecule has 3 rings (SSSR count). The van der Waals surface area contributed by atoms with Crippen LogP contribution in [-0.4, -0.2) is 43.4 Å². The van der Waals surface area contributed by atoms with Crippen molar-refractivity contribution in [1.82, 2.24) is 4.90 Å². The van der Waals surface area contributed by atoms with Gasteiger partial charge in [0, 0.05) is 11.0 Å². The van der Waals surface area contributed by atoms with E-state index >= 15 is 0 Å². The van der Waals surface area contributed by atoms with Crippen molar-refractivity contribution in [2.75, 3.05) is 0 Å². The van der Waals surface area contributed by atoms with Crippen LogP contribution in [0.15, 0.2) is 60.7 Å². The molecule has 0 aliphatic carbocycles. The zero-order valence-corrected chi connectivity index (χ0v) is 20.9. The molecule has 180 valence electrons. The Bertz CT molecular complexity index is 939. The van der Waals surface area contributed by atoms with Crippen LogP contribution >= 0.6 is 0 Å². The Kier molecular flexibility index (Phi) is 6.86. The van der Waals surface area contributed by atoms with Crippen molar-refractivity contribution in [2.24, 2.45) is 5.41 Å². The number of carbonyl (C=O) groups excluding carboxylic acids is 1. The van der Waals surface area contributed by atoms with Crippen LogP contribution in [0.3, 0.4) is 0 Å². The zero-order valence-electron chi connectivity index (χ0n) is 19.9. The molecule has 0 bridgehead atoms. The first-order chi connectivity index (χ1) is 15.2. The lowest BCUT2D eigenvalue weighted by molar-refractivity contribution is -0.348. The van der Waals surface area contributed by atoms with Crippen LogP contribution in [0.1, 0.15) is 36.7 Å². The smallest absolute Gasteiger partial charge is 0.391 e. The molecule has 2 aromatic rings. The predicted octanol–water partition coefficient (Wildman–Crippen LogP) is 6.25. The number of hydrogen-bond donors (Lipinski definition) is 0. The number of benzene rings is 2. The van der Waals surface area contributed by atoms with Crippen molar-refractivity contribution in [3.63, 3.8) is 0 Å². The number of ether oxygens (including phenoxy) is 1. The van der Waals surface area contributed by atoms with Crippen LogP contribution in [0.5, 0.6) is 0 Å². The Hall–Kier alpha value is -2.16. The third kappa shape index (κ3) is 5.02. The van der Waals surface area contributed by atoms with Crippen LogP contribution in [0.2, 0.25) is 19.6 Å². The van der Waals surface area contributed by atoms with Gasteiger partial charge >= 0.3 is 6.18 Å². The largest absolute Gasteiger partial charge is 0.437 e. The van der Waals surface area contributed by atoms with Gasteiger partial charge in [-0.15, -0.1) is 0 Å². The minimum Gasteiger partial charge on any atom is -0.391 e. The second kappa shape index (κ2) is 8.89. The van der Waals surface area contributed by atoms with Gasteiger partial charge in [0.05, 0.1) is 6.04 Å². The number of alkyl halides is 3. The van der Waals surface area contributed by atoms with Gasteiger partial charge in [-0.1, -0.05) is 69.3 Å². The molecule has 1 fully saturated rings. The van der Waals surface area contributed by atoms with Gasteiger partial charge in [0.2, 0.25) is 5.72 Å². The third-order valence-electron chi connectivity index (χ3n) is 5.67. The van der Waals surface area contributed by atoms with Crippen LogP contribution in [0.25, 0.3) is 0 Å². The summed E-state index contributed by atoms with van der Waals surface area (Å²) in [5.41, 5.74) is -3.38. The highest BCUT2D eigenvalue weighted by Gasteiger charge is 2.74. The minimum atomic E-state index is -4.86. The van der Waals surface area contributed by atoms with E-state index in [-0.39, 0.29) is 12.0 Å². The molecule has 1 aliphatic rings. The van der Waals surface area contributed by atoms with E-state index in [0.717, 1.165) is 10.5 Å². The highest BCUT2D eigenvalue weighted by atomic mass is 28.4. The van der Waals surface area contributed by atoms with Gasteiger partial charge in [0.1, 0.15) is 0 Å². The van der Waals surface area contributed by atoms with E-state index in [1.807, 2.05) is 50.0 Å². The van der Waals surface area contributed by atoms with E-state index in [2.05, 4.69) is 0 Å². The maximum Gasteiger partial charge on any atom is 0.437 e. The predicted molar refractivity (Wildman–Crippen MR) is 124 cm³/mol. The topological polar surface area (TPSA) is 38.8 Å². The first kappa shape index (κ1) is 25.5. The van der Waals surface area contributed by atoms with Crippen LogP contribution in [0, 0.1) is 5.41 Å². The summed E-state index contributed by atoms with van der Waals surface area (Å²) < 4.78 is 57.0. The summed E-state index contributed by atoms with van der Waals surface area (Å²) in [6, 6.07) is 16.2. The molecule has 2 aromatic carbocycles. The average molecular weight is 480 g/mol. The number of rotatable bonds is 5. The van der Waals surface area contributed by atoms with Crippen LogP contribution < -0.4 is 0 Å². The highest BCUT2D eigenvalue weighted by molar-refractivity contribution is 6.69. The molecule has 33 heavy (non-hydrogen) atoms. The SMILES string of the molecule is CC(C)(C)[C@@]1(C(F)(F)F)O[C@@H](O[Si](C)(C)C)[C@H](Cc2ccccc2)N1C(=O)c1ccccc1. The Morgan fingerprint density at radius 1 is 1.00 bits per heavy atom. The van der Waals surface area contributed by atoms with Gasteiger partial charge in [-0.3, -0.25) is 9.69 Å². The normalized spacial score (nSPS) is 24.2. The molecule has 0 unspecified atom stereocenters. The first-order valence-electron chi connectivity index (χ1n) is 11.0. The van der Waals surface area contributed by atoms with Gasteiger partial charge in [0.25, 0.3) is 5.91 Å². The fraction of sp³-hybridized carbons (Fsp3) is 0.480. The van der Waals surface area contributed by atoms with Crippen LogP contribution in [0.4, 0.5) is 13.2 Å². The lowest BCUT2D eigenvalue weighted by Gasteiger charge is -2.47. The molecule has 1 heterocycles. The zero-order chi connectivity index (χ0) is 24.7. The second-order valence-electron chi connectivity index (χ2n) is 10.4. The van der Waals surface area contributed by atoms with Gasteiger partial charge in [-0.2, -0.15) is 13.2 Å². The molecule has 0 spiro atoms. The Balaban J connectivity index is 2.24. The van der Waals surface area contributed by atoms with E-state index in [1.54, 1.807) is 18.2 Å². The molecule has 0 aromatic heterocycles. The molecular formula is C25H32F3NO3Si. The summed E-state index contributed by atoms with van der Waals surface area (Å²) in [6.07, 6.45) is -5.91. The maximum atomic E-state index is 15.0. The monoisotopic (exact) mass is 479 g/mol. The number of carbonyl (C=O) groups is 1. The fourth-order valence-electron chi connectivity index (χ4n) is 4.33. The summed E-state index contributed by atoms with van der Waals surface area (Å²) in [5, 5.41) is 0. The average Bonchev–Trinajstić information content (AvgIpc) is 3.02. The summed E-state index contributed by atoms with van der Waals surface area (Å²) in [6.45, 7) is 10.0. The van der Waals surface area contributed by atoms with Crippen molar-refractivity contribution in [2.45, 2.75) is 71.1 Å². The quantitative estimate of drug-likeness (QED) is 0.476. The van der Waals surface area contributed by atoms with E-state index in [1.165, 1.54) is 32.9 Å². The lowest BCUT2D eigenvalue weighted by Crippen LogP contribution is -2.66. The molecule has 8 heteroatoms. The molecule has 0 radical (unpaired) electrons. The number of halogens is 3. The molecule has 4 nitrogen and oxygen atoms in total. The molecular weight excluding hydrogens is 447 g/mol. The van der Waals surface area contributed by atoms with E-state index in [9.17, 15) is 18.0 Å². The standard InChI is InChI=1S/C25H32F3NO3Si/c1-23(2,3)24(25(26,27)28)29(21(30)19-15-11-8-12-16-19)20(17-18-13-9-7-10-14-18)22(31-24)32-33(4,5)6/h7-16,20,22H,17H2,1-6H3/t20-,22-,24-/m0/s1. The van der Waals surface area contributed by atoms with Crippen LogP contribution in [-0.2, 0) is 15.6 Å². The summed E-state index contributed by atoms with van der Waals surface area (Å²) in [5.74, 6) is -0.731. The third-order valence-corrected chi connectivity index (χ3v) is 6.61. The summed E-state index contributed by atoms with van der Waals surface area (Å²) >= 11 is 0.